The van der Waals surface area contributed by atoms with Crippen molar-refractivity contribution in [2.45, 2.75) is 6.04 Å². The van der Waals surface area contributed by atoms with Crippen LogP contribution in [0.1, 0.15) is 11.6 Å². The number of amides is 1. The van der Waals surface area contributed by atoms with Crippen molar-refractivity contribution in [3.05, 3.63) is 61.2 Å². The average molecular weight is 288 g/mol. The van der Waals surface area contributed by atoms with Gasteiger partial charge in [0.05, 0.1) is 6.54 Å². The lowest BCUT2D eigenvalue weighted by molar-refractivity contribution is -0.140. The van der Waals surface area contributed by atoms with Crippen molar-refractivity contribution in [1.82, 2.24) is 10.2 Å². The molecule has 1 rings (SSSR count). The molecule has 0 aliphatic heterocycles. The van der Waals surface area contributed by atoms with Crippen LogP contribution >= 0.6 is 0 Å². The highest BCUT2D eigenvalue weighted by atomic mass is 16.4. The lowest BCUT2D eigenvalue weighted by Crippen LogP contribution is -2.41. The van der Waals surface area contributed by atoms with E-state index in [0.29, 0.717) is 18.7 Å². The summed E-state index contributed by atoms with van der Waals surface area (Å²) in [5, 5.41) is 12.0. The molecular weight excluding hydrogens is 268 g/mol. The summed E-state index contributed by atoms with van der Waals surface area (Å²) >= 11 is 0. The fraction of sp³-hybridized carbons (Fsp3) is 0.250. The van der Waals surface area contributed by atoms with Gasteiger partial charge in [-0.25, -0.2) is 0 Å². The maximum Gasteiger partial charge on any atom is 0.325 e. The van der Waals surface area contributed by atoms with Crippen molar-refractivity contribution in [3.8, 4) is 0 Å². The third-order valence-corrected chi connectivity index (χ3v) is 2.89. The van der Waals surface area contributed by atoms with Gasteiger partial charge in [-0.05, 0) is 5.56 Å². The van der Waals surface area contributed by atoms with E-state index in [1.54, 1.807) is 36.4 Å². The smallest absolute Gasteiger partial charge is 0.325 e. The van der Waals surface area contributed by atoms with Crippen LogP contribution in [-0.2, 0) is 9.59 Å². The molecule has 0 aliphatic rings. The molecule has 0 aliphatic carbocycles. The number of hydrogen-bond donors (Lipinski definition) is 2. The molecule has 0 bridgehead atoms. The van der Waals surface area contributed by atoms with E-state index in [-0.39, 0.29) is 12.5 Å². The molecule has 0 fully saturated rings. The largest absolute Gasteiger partial charge is 0.480 e. The van der Waals surface area contributed by atoms with E-state index < -0.39 is 12.0 Å². The maximum absolute atomic E-state index is 12.1. The number of carboxylic acid groups (broad SMARTS) is 1. The molecule has 1 atom stereocenters. The van der Waals surface area contributed by atoms with Crippen LogP contribution in [0, 0.1) is 0 Å². The summed E-state index contributed by atoms with van der Waals surface area (Å²) in [4.78, 5) is 24.9. The highest BCUT2D eigenvalue weighted by Crippen LogP contribution is 2.12. The van der Waals surface area contributed by atoms with E-state index in [4.69, 9.17) is 0 Å². The summed E-state index contributed by atoms with van der Waals surface area (Å²) < 4.78 is 0. The van der Waals surface area contributed by atoms with Gasteiger partial charge in [-0.2, -0.15) is 0 Å². The number of aliphatic carboxylic acids is 1. The Bertz CT molecular complexity index is 490. The topological polar surface area (TPSA) is 69.6 Å². The monoisotopic (exact) mass is 288 g/mol. The van der Waals surface area contributed by atoms with Crippen molar-refractivity contribution in [2.75, 3.05) is 19.6 Å². The predicted molar refractivity (Wildman–Crippen MR) is 81.8 cm³/mol. The van der Waals surface area contributed by atoms with Crippen molar-refractivity contribution in [1.29, 1.82) is 0 Å². The molecule has 1 unspecified atom stereocenters. The summed E-state index contributed by atoms with van der Waals surface area (Å²) in [6.45, 7) is 7.92. The Balaban J connectivity index is 2.69. The molecule has 1 aromatic rings. The van der Waals surface area contributed by atoms with Crippen LogP contribution in [0.5, 0.6) is 0 Å². The minimum atomic E-state index is -1.02. The van der Waals surface area contributed by atoms with Crippen molar-refractivity contribution < 1.29 is 14.7 Å². The fourth-order valence-corrected chi connectivity index (χ4v) is 1.88. The van der Waals surface area contributed by atoms with Gasteiger partial charge in [-0.1, -0.05) is 42.5 Å². The van der Waals surface area contributed by atoms with E-state index in [2.05, 4.69) is 18.5 Å². The second-order valence-electron chi connectivity index (χ2n) is 4.44. The number of carbonyl (C=O) groups is 2. The highest BCUT2D eigenvalue weighted by Gasteiger charge is 2.21. The molecule has 112 valence electrons. The normalized spacial score (nSPS) is 11.4. The molecule has 2 N–H and O–H groups in total. The quantitative estimate of drug-likeness (QED) is 0.677. The zero-order chi connectivity index (χ0) is 15.7. The van der Waals surface area contributed by atoms with Gasteiger partial charge in [-0.3, -0.25) is 14.9 Å². The van der Waals surface area contributed by atoms with Crippen LogP contribution in [0.3, 0.4) is 0 Å². The molecule has 1 amide bonds. The van der Waals surface area contributed by atoms with Crippen LogP contribution < -0.4 is 5.32 Å². The van der Waals surface area contributed by atoms with Crippen LogP contribution in [0.25, 0.3) is 0 Å². The van der Waals surface area contributed by atoms with Crippen LogP contribution in [0.2, 0.25) is 0 Å². The first-order chi connectivity index (χ1) is 10.1. The van der Waals surface area contributed by atoms with Crippen molar-refractivity contribution in [2.24, 2.45) is 0 Å². The summed E-state index contributed by atoms with van der Waals surface area (Å²) in [5.74, 6) is -1.22. The molecule has 5 nitrogen and oxygen atoms in total. The molecule has 1 aromatic carbocycles. The number of benzene rings is 1. The second-order valence-corrected chi connectivity index (χ2v) is 4.44. The summed E-state index contributed by atoms with van der Waals surface area (Å²) in [5.41, 5.74) is 0.608. The Hall–Kier alpha value is -2.40. The van der Waals surface area contributed by atoms with Gasteiger partial charge in [0, 0.05) is 13.1 Å². The zero-order valence-electron chi connectivity index (χ0n) is 11.9. The molecule has 0 spiro atoms. The average Bonchev–Trinajstić information content (AvgIpc) is 2.48. The number of carboxylic acids is 1. The van der Waals surface area contributed by atoms with E-state index >= 15 is 0 Å². The van der Waals surface area contributed by atoms with Crippen LogP contribution in [0.4, 0.5) is 0 Å². The summed E-state index contributed by atoms with van der Waals surface area (Å²) in [6.07, 6.45) is 3.24. The summed E-state index contributed by atoms with van der Waals surface area (Å²) in [6, 6.07) is 7.84. The Labute approximate surface area is 124 Å². The van der Waals surface area contributed by atoms with E-state index in [9.17, 15) is 14.7 Å². The lowest BCUT2D eigenvalue weighted by Gasteiger charge is -2.21. The van der Waals surface area contributed by atoms with Gasteiger partial charge in [-0.15, -0.1) is 13.2 Å². The molecular formula is C16H20N2O3. The van der Waals surface area contributed by atoms with Gasteiger partial charge in [0.15, 0.2) is 0 Å². The Kier molecular flexibility index (Phi) is 6.91. The third kappa shape index (κ3) is 5.24. The Morgan fingerprint density at radius 2 is 1.76 bits per heavy atom. The standard InChI is InChI=1S/C16H20N2O3/c1-3-10-18(11-4-2)14(19)12-17-15(16(20)21)13-8-6-5-7-9-13/h3-9,15,17H,1-2,10-12H2,(H,20,21). The molecule has 21 heavy (non-hydrogen) atoms. The van der Waals surface area contributed by atoms with E-state index in [1.807, 2.05) is 6.07 Å². The number of rotatable bonds is 9. The van der Waals surface area contributed by atoms with Gasteiger partial charge < -0.3 is 10.0 Å². The number of nitrogens with zero attached hydrogens (tertiary/aromatic N) is 1. The maximum atomic E-state index is 12.1. The van der Waals surface area contributed by atoms with Gasteiger partial charge in [0.1, 0.15) is 6.04 Å². The van der Waals surface area contributed by atoms with Gasteiger partial charge in [0.25, 0.3) is 0 Å². The minimum absolute atomic E-state index is 0.0620. The SMILES string of the molecule is C=CCN(CC=C)C(=O)CNC(C(=O)O)c1ccccc1. The fourth-order valence-electron chi connectivity index (χ4n) is 1.88. The second kappa shape index (κ2) is 8.71. The Morgan fingerprint density at radius 3 is 2.24 bits per heavy atom. The van der Waals surface area contributed by atoms with Crippen molar-refractivity contribution in [3.63, 3.8) is 0 Å². The van der Waals surface area contributed by atoms with Crippen LogP contribution in [-0.4, -0.2) is 41.5 Å². The molecule has 0 saturated carbocycles. The number of nitrogens with one attached hydrogen (secondary N) is 1. The third-order valence-electron chi connectivity index (χ3n) is 2.89. The van der Waals surface area contributed by atoms with E-state index in [1.165, 1.54) is 4.90 Å². The zero-order valence-corrected chi connectivity index (χ0v) is 11.9. The minimum Gasteiger partial charge on any atom is -0.480 e. The molecule has 0 radical (unpaired) electrons. The summed E-state index contributed by atoms with van der Waals surface area (Å²) in [7, 11) is 0. The first kappa shape index (κ1) is 16.7. The molecule has 0 saturated heterocycles. The van der Waals surface area contributed by atoms with Gasteiger partial charge in [0.2, 0.25) is 5.91 Å². The number of carbonyl (C=O) groups excluding carboxylic acids is 1. The molecule has 0 heterocycles. The van der Waals surface area contributed by atoms with E-state index in [0.717, 1.165) is 0 Å². The highest BCUT2D eigenvalue weighted by molar-refractivity contribution is 5.80. The lowest BCUT2D eigenvalue weighted by atomic mass is 10.1. The Morgan fingerprint density at radius 1 is 1.19 bits per heavy atom. The van der Waals surface area contributed by atoms with Crippen molar-refractivity contribution >= 4 is 11.9 Å². The molecule has 5 heteroatoms. The van der Waals surface area contributed by atoms with Gasteiger partial charge >= 0.3 is 5.97 Å². The predicted octanol–water partition coefficient (Wildman–Crippen LogP) is 1.60. The molecule has 0 aromatic heterocycles. The first-order valence-electron chi connectivity index (χ1n) is 6.60. The number of hydrogen-bond acceptors (Lipinski definition) is 3. The van der Waals surface area contributed by atoms with Crippen LogP contribution in [0.15, 0.2) is 55.6 Å². The first-order valence-corrected chi connectivity index (χ1v) is 6.60.